The number of rotatable bonds is 2. The number of benzene rings is 1. The lowest BCUT2D eigenvalue weighted by atomic mass is 10.3. The number of carbonyl (C=O) groups excluding carboxylic acids is 1. The van der Waals surface area contributed by atoms with Gasteiger partial charge in [0.25, 0.3) is 5.91 Å². The Balaban J connectivity index is 2.21. The second kappa shape index (κ2) is 6.05. The molecular formula is C11H5Br3ClNOS. The summed E-state index contributed by atoms with van der Waals surface area (Å²) in [7, 11) is 0. The first-order chi connectivity index (χ1) is 8.47. The summed E-state index contributed by atoms with van der Waals surface area (Å²) >= 11 is 17.4. The van der Waals surface area contributed by atoms with Gasteiger partial charge in [0, 0.05) is 8.95 Å². The summed E-state index contributed by atoms with van der Waals surface area (Å²) in [6.45, 7) is 0. The van der Waals surface area contributed by atoms with Crippen LogP contribution >= 0.6 is 70.7 Å². The Labute approximate surface area is 138 Å². The van der Waals surface area contributed by atoms with Crippen molar-refractivity contribution in [1.82, 2.24) is 0 Å². The lowest BCUT2D eigenvalue weighted by Gasteiger charge is -2.06. The predicted molar refractivity (Wildman–Crippen MR) is 86.8 cm³/mol. The molecule has 0 saturated carbocycles. The molecule has 2 aromatic rings. The van der Waals surface area contributed by atoms with Gasteiger partial charge in [-0.3, -0.25) is 4.79 Å². The molecule has 94 valence electrons. The summed E-state index contributed by atoms with van der Waals surface area (Å²) in [6.07, 6.45) is 0. The molecular weight excluding hydrogens is 469 g/mol. The molecule has 0 aliphatic rings. The highest BCUT2D eigenvalue weighted by atomic mass is 79.9. The highest BCUT2D eigenvalue weighted by molar-refractivity contribution is 9.13. The Morgan fingerprint density at radius 1 is 1.22 bits per heavy atom. The van der Waals surface area contributed by atoms with Crippen molar-refractivity contribution in [3.05, 3.63) is 46.9 Å². The summed E-state index contributed by atoms with van der Waals surface area (Å²) in [4.78, 5) is 12.6. The number of amides is 1. The average molecular weight is 474 g/mol. The monoisotopic (exact) mass is 471 g/mol. The summed E-state index contributed by atoms with van der Waals surface area (Å²) in [6, 6.07) is 7.07. The summed E-state index contributed by atoms with van der Waals surface area (Å²) < 4.78 is 2.61. The van der Waals surface area contributed by atoms with Crippen molar-refractivity contribution < 1.29 is 4.79 Å². The Bertz CT molecular complexity index is 595. The van der Waals surface area contributed by atoms with Gasteiger partial charge in [0.15, 0.2) is 0 Å². The summed E-state index contributed by atoms with van der Waals surface area (Å²) in [5, 5.41) is 3.26. The smallest absolute Gasteiger partial charge is 0.265 e. The van der Waals surface area contributed by atoms with Gasteiger partial charge in [0.05, 0.1) is 19.4 Å². The molecule has 0 fully saturated rings. The van der Waals surface area contributed by atoms with E-state index in [9.17, 15) is 4.79 Å². The van der Waals surface area contributed by atoms with Crippen LogP contribution in [0.15, 0.2) is 37.0 Å². The number of hydrogen-bond acceptors (Lipinski definition) is 2. The first-order valence-electron chi connectivity index (χ1n) is 4.68. The second-order valence-electron chi connectivity index (χ2n) is 3.31. The fourth-order valence-corrected chi connectivity index (χ4v) is 3.88. The molecule has 0 radical (unpaired) electrons. The molecule has 1 N–H and O–H groups in total. The number of nitrogens with one attached hydrogen (secondary N) is 1. The molecule has 0 bridgehead atoms. The largest absolute Gasteiger partial charge is 0.320 e. The van der Waals surface area contributed by atoms with E-state index in [1.54, 1.807) is 18.2 Å². The first kappa shape index (κ1) is 14.5. The number of hydrogen-bond donors (Lipinski definition) is 1. The van der Waals surface area contributed by atoms with E-state index in [0.29, 0.717) is 15.6 Å². The number of thiophene rings is 1. The first-order valence-corrected chi connectivity index (χ1v) is 8.26. The molecule has 1 amide bonds. The molecule has 1 heterocycles. The topological polar surface area (TPSA) is 29.1 Å². The van der Waals surface area contributed by atoms with Crippen LogP contribution in [-0.2, 0) is 0 Å². The molecule has 0 spiro atoms. The van der Waals surface area contributed by atoms with E-state index in [0.717, 1.165) is 12.7 Å². The maximum absolute atomic E-state index is 12.0. The van der Waals surface area contributed by atoms with Crippen LogP contribution in [-0.4, -0.2) is 5.91 Å². The van der Waals surface area contributed by atoms with Gasteiger partial charge < -0.3 is 5.32 Å². The Morgan fingerprint density at radius 3 is 2.50 bits per heavy atom. The quantitative estimate of drug-likeness (QED) is 0.574. The van der Waals surface area contributed by atoms with Crippen molar-refractivity contribution in [1.29, 1.82) is 0 Å². The Kier molecular flexibility index (Phi) is 4.88. The van der Waals surface area contributed by atoms with E-state index in [-0.39, 0.29) is 5.91 Å². The third-order valence-corrected chi connectivity index (χ3v) is 6.11. The van der Waals surface area contributed by atoms with Gasteiger partial charge in [-0.25, -0.2) is 0 Å². The van der Waals surface area contributed by atoms with E-state index >= 15 is 0 Å². The molecule has 7 heteroatoms. The molecule has 0 unspecified atom stereocenters. The van der Waals surface area contributed by atoms with Gasteiger partial charge in [-0.2, -0.15) is 0 Å². The van der Waals surface area contributed by atoms with Crippen LogP contribution in [0.2, 0.25) is 5.02 Å². The lowest BCUT2D eigenvalue weighted by Crippen LogP contribution is -2.10. The van der Waals surface area contributed by atoms with E-state index in [1.165, 1.54) is 11.3 Å². The van der Waals surface area contributed by atoms with E-state index in [1.807, 2.05) is 6.07 Å². The maximum Gasteiger partial charge on any atom is 0.265 e. The minimum atomic E-state index is -0.185. The molecule has 2 rings (SSSR count). The second-order valence-corrected chi connectivity index (χ2v) is 7.86. The number of halogens is 4. The van der Waals surface area contributed by atoms with Gasteiger partial charge in [0.1, 0.15) is 0 Å². The van der Waals surface area contributed by atoms with Crippen LogP contribution in [0.1, 0.15) is 9.67 Å². The van der Waals surface area contributed by atoms with Crippen molar-refractivity contribution in [2.45, 2.75) is 0 Å². The van der Waals surface area contributed by atoms with Crippen LogP contribution in [0.5, 0.6) is 0 Å². The van der Waals surface area contributed by atoms with E-state index in [4.69, 9.17) is 11.6 Å². The highest BCUT2D eigenvalue weighted by Crippen LogP contribution is 2.33. The molecule has 2 nitrogen and oxygen atoms in total. The van der Waals surface area contributed by atoms with E-state index in [2.05, 4.69) is 53.1 Å². The standard InChI is InChI=1S/C11H5Br3ClNOS/c12-5-1-2-8(7(15)3-5)16-11(17)9-4-6(13)10(14)18-9/h1-4H,(H,16,17). The zero-order chi connectivity index (χ0) is 13.3. The van der Waals surface area contributed by atoms with Crippen LogP contribution in [0.4, 0.5) is 5.69 Å². The molecule has 1 aromatic heterocycles. The van der Waals surface area contributed by atoms with Crippen LogP contribution in [0, 0.1) is 0 Å². The van der Waals surface area contributed by atoms with Crippen molar-refractivity contribution in [3.8, 4) is 0 Å². The SMILES string of the molecule is O=C(Nc1ccc(Br)cc1Cl)c1cc(Br)c(Br)s1. The minimum absolute atomic E-state index is 0.185. The minimum Gasteiger partial charge on any atom is -0.320 e. The average Bonchev–Trinajstić information content (AvgIpc) is 2.63. The fourth-order valence-electron chi connectivity index (χ4n) is 1.23. The molecule has 0 aliphatic carbocycles. The molecule has 1 aromatic carbocycles. The maximum atomic E-state index is 12.0. The van der Waals surface area contributed by atoms with Gasteiger partial charge in [-0.05, 0) is 56.1 Å². The number of carbonyl (C=O) groups is 1. The molecule has 0 aliphatic heterocycles. The fraction of sp³-hybridized carbons (Fsp3) is 0. The normalized spacial score (nSPS) is 10.4. The predicted octanol–water partition coefficient (Wildman–Crippen LogP) is 5.94. The molecule has 0 saturated heterocycles. The lowest BCUT2D eigenvalue weighted by molar-refractivity contribution is 0.103. The summed E-state index contributed by atoms with van der Waals surface area (Å²) in [5.74, 6) is -0.185. The third kappa shape index (κ3) is 3.36. The van der Waals surface area contributed by atoms with Crippen LogP contribution < -0.4 is 5.32 Å². The van der Waals surface area contributed by atoms with Crippen molar-refractivity contribution >= 4 is 82.3 Å². The highest BCUT2D eigenvalue weighted by Gasteiger charge is 2.13. The molecule has 18 heavy (non-hydrogen) atoms. The molecule has 0 atom stereocenters. The number of anilines is 1. The van der Waals surface area contributed by atoms with Crippen LogP contribution in [0.3, 0.4) is 0 Å². The van der Waals surface area contributed by atoms with E-state index < -0.39 is 0 Å². The Hall–Kier alpha value is 0.120. The van der Waals surface area contributed by atoms with Crippen molar-refractivity contribution in [3.63, 3.8) is 0 Å². The van der Waals surface area contributed by atoms with Gasteiger partial charge in [-0.15, -0.1) is 11.3 Å². The van der Waals surface area contributed by atoms with Gasteiger partial charge in [-0.1, -0.05) is 27.5 Å². The van der Waals surface area contributed by atoms with Crippen molar-refractivity contribution in [2.24, 2.45) is 0 Å². The zero-order valence-electron chi connectivity index (χ0n) is 8.64. The van der Waals surface area contributed by atoms with Gasteiger partial charge in [0.2, 0.25) is 0 Å². The Morgan fingerprint density at radius 2 is 1.94 bits per heavy atom. The van der Waals surface area contributed by atoms with Crippen LogP contribution in [0.25, 0.3) is 0 Å². The van der Waals surface area contributed by atoms with Crippen molar-refractivity contribution in [2.75, 3.05) is 5.32 Å². The summed E-state index contributed by atoms with van der Waals surface area (Å²) in [5.41, 5.74) is 0.588. The zero-order valence-corrected chi connectivity index (χ0v) is 15.0. The third-order valence-electron chi connectivity index (χ3n) is 2.05. The van der Waals surface area contributed by atoms with Gasteiger partial charge >= 0.3 is 0 Å².